The first-order chi connectivity index (χ1) is 22.5. The molecule has 2 aliphatic heterocycles. The van der Waals surface area contributed by atoms with E-state index >= 15 is 8.78 Å². The molecule has 0 saturated carbocycles. The number of hydrogen-bond acceptors (Lipinski definition) is 6. The molecule has 5 rings (SSSR count). The molecule has 8 nitrogen and oxygen atoms in total. The zero-order chi connectivity index (χ0) is 33.6. The van der Waals surface area contributed by atoms with Gasteiger partial charge in [-0.3, -0.25) is 4.90 Å². The lowest BCUT2D eigenvalue weighted by Crippen LogP contribution is -2.44. The Hall–Kier alpha value is -3.93. The minimum absolute atomic E-state index is 0.267. The van der Waals surface area contributed by atoms with Crippen molar-refractivity contribution in [3.05, 3.63) is 100 Å². The van der Waals surface area contributed by atoms with E-state index in [1.165, 1.54) is 19.2 Å². The highest BCUT2D eigenvalue weighted by Gasteiger charge is 2.48. The lowest BCUT2D eigenvalue weighted by atomic mass is 9.83. The van der Waals surface area contributed by atoms with Gasteiger partial charge in [0.15, 0.2) is 0 Å². The average molecular weight is 654 g/mol. The molecule has 2 fully saturated rings. The summed E-state index contributed by atoms with van der Waals surface area (Å²) < 4.78 is 51.6. The number of alkyl halides is 2. The number of rotatable bonds is 15. The monoisotopic (exact) mass is 653 g/mol. The van der Waals surface area contributed by atoms with E-state index < -0.39 is 40.9 Å². The molecule has 0 aromatic heterocycles. The highest BCUT2D eigenvalue weighted by Crippen LogP contribution is 2.34. The van der Waals surface area contributed by atoms with E-state index in [1.54, 1.807) is 42.5 Å². The number of methoxy groups -OCH3 is 1. The van der Waals surface area contributed by atoms with E-state index in [4.69, 9.17) is 4.74 Å². The highest BCUT2D eigenvalue weighted by molar-refractivity contribution is 5.79. The Morgan fingerprint density at radius 2 is 1.23 bits per heavy atom. The van der Waals surface area contributed by atoms with Crippen molar-refractivity contribution in [3.8, 4) is 5.75 Å². The van der Waals surface area contributed by atoms with Gasteiger partial charge in [0.2, 0.25) is 11.3 Å². The molecule has 252 valence electrons. The second-order valence-electron chi connectivity index (χ2n) is 12.9. The molecule has 0 aliphatic carbocycles. The normalized spacial score (nSPS) is 20.5. The zero-order valence-electron chi connectivity index (χ0n) is 26.5. The van der Waals surface area contributed by atoms with Crippen molar-refractivity contribution >= 4 is 11.9 Å². The van der Waals surface area contributed by atoms with Crippen molar-refractivity contribution in [2.45, 2.75) is 56.7 Å². The van der Waals surface area contributed by atoms with Crippen LogP contribution >= 0.6 is 0 Å². The van der Waals surface area contributed by atoms with Crippen molar-refractivity contribution in [1.29, 1.82) is 0 Å². The summed E-state index contributed by atoms with van der Waals surface area (Å²) in [4.78, 5) is 26.2. The Morgan fingerprint density at radius 1 is 0.766 bits per heavy atom. The van der Waals surface area contributed by atoms with Gasteiger partial charge in [-0.2, -0.15) is 0 Å². The quantitative estimate of drug-likeness (QED) is 0.183. The number of nitrogens with one attached hydrogen (secondary N) is 2. The maximum Gasteiger partial charge on any atom is 0.342 e. The molecule has 47 heavy (non-hydrogen) atoms. The first-order valence-corrected chi connectivity index (χ1v) is 16.0. The number of aliphatic carboxylic acids is 2. The Bertz CT molecular complexity index is 1470. The standard InChI is InChI=1S/C36H42F3N3O5/c1-47-32-15-28(14-31(37)16-32)23-42(21-26-6-2-4-24(12-26)17-35(38,33(43)44)29-8-10-40-19-29)22-27-7-3-5-25(13-27)18-36(39,34(45)46)30-9-11-41-20-30/h2-7,12-16,29-30,40-41H,8-11,17-23H2,1H3,(H,43,44)(H,45,46). The summed E-state index contributed by atoms with van der Waals surface area (Å²) >= 11 is 0. The second-order valence-corrected chi connectivity index (χ2v) is 12.9. The topological polar surface area (TPSA) is 111 Å². The van der Waals surface area contributed by atoms with Crippen molar-refractivity contribution in [1.82, 2.24) is 15.5 Å². The molecule has 11 heteroatoms. The van der Waals surface area contributed by atoms with Crippen LogP contribution in [0.2, 0.25) is 0 Å². The number of carboxylic acid groups (broad SMARTS) is 2. The van der Waals surface area contributed by atoms with Gasteiger partial charge in [0, 0.05) is 63.5 Å². The second kappa shape index (κ2) is 14.9. The van der Waals surface area contributed by atoms with E-state index in [0.29, 0.717) is 81.1 Å². The third-order valence-electron chi connectivity index (χ3n) is 9.42. The van der Waals surface area contributed by atoms with Crippen LogP contribution in [0, 0.1) is 17.7 Å². The summed E-state index contributed by atoms with van der Waals surface area (Å²) in [6.07, 6.45) is 0.355. The number of benzene rings is 3. The van der Waals surface area contributed by atoms with E-state index in [-0.39, 0.29) is 12.8 Å². The maximum absolute atomic E-state index is 15.9. The number of nitrogens with zero attached hydrogens (tertiary/aromatic N) is 1. The van der Waals surface area contributed by atoms with Crippen LogP contribution in [0.1, 0.15) is 40.7 Å². The number of carboxylic acids is 2. The molecule has 4 atom stereocenters. The molecule has 0 spiro atoms. The van der Waals surface area contributed by atoms with Crippen LogP contribution < -0.4 is 15.4 Å². The fraction of sp³-hybridized carbons (Fsp3) is 0.444. The van der Waals surface area contributed by atoms with Gasteiger partial charge in [0.25, 0.3) is 0 Å². The van der Waals surface area contributed by atoms with Gasteiger partial charge < -0.3 is 25.6 Å². The molecule has 2 heterocycles. The summed E-state index contributed by atoms with van der Waals surface area (Å²) in [6, 6.07) is 18.8. The third-order valence-corrected chi connectivity index (χ3v) is 9.42. The molecule has 0 amide bonds. The summed E-state index contributed by atoms with van der Waals surface area (Å²) in [5, 5.41) is 25.8. The minimum atomic E-state index is -2.41. The Balaban J connectivity index is 1.40. The zero-order valence-corrected chi connectivity index (χ0v) is 26.5. The lowest BCUT2D eigenvalue weighted by Gasteiger charge is -2.28. The van der Waals surface area contributed by atoms with Crippen LogP contribution in [0.3, 0.4) is 0 Å². The predicted octanol–water partition coefficient (Wildman–Crippen LogP) is 4.93. The molecule has 2 saturated heterocycles. The number of halogens is 3. The van der Waals surface area contributed by atoms with Crippen molar-refractivity contribution in [2.75, 3.05) is 33.3 Å². The Labute approximate surface area is 272 Å². The minimum Gasteiger partial charge on any atom is -0.497 e. The largest absolute Gasteiger partial charge is 0.497 e. The van der Waals surface area contributed by atoms with E-state index in [1.807, 2.05) is 17.0 Å². The predicted molar refractivity (Wildman–Crippen MR) is 171 cm³/mol. The molecule has 0 radical (unpaired) electrons. The fourth-order valence-corrected chi connectivity index (χ4v) is 6.92. The molecular weight excluding hydrogens is 611 g/mol. The molecule has 4 N–H and O–H groups in total. The van der Waals surface area contributed by atoms with Gasteiger partial charge in [0.1, 0.15) is 11.6 Å². The van der Waals surface area contributed by atoms with Crippen LogP contribution in [0.15, 0.2) is 66.7 Å². The molecule has 0 bridgehead atoms. The molecule has 2 aliphatic rings. The lowest BCUT2D eigenvalue weighted by molar-refractivity contribution is -0.155. The van der Waals surface area contributed by atoms with Crippen LogP contribution in [0.4, 0.5) is 13.2 Å². The van der Waals surface area contributed by atoms with Gasteiger partial charge >= 0.3 is 11.9 Å². The first-order valence-electron chi connectivity index (χ1n) is 16.0. The SMILES string of the molecule is COc1cc(F)cc(CN(Cc2cccc(CC(F)(C(=O)O)C3CCNC3)c2)Cc2cccc(CC(F)(C(=O)O)C3CCNC3)c2)c1. The van der Waals surface area contributed by atoms with E-state index in [2.05, 4.69) is 10.6 Å². The van der Waals surface area contributed by atoms with Gasteiger partial charge in [-0.1, -0.05) is 48.5 Å². The summed E-state index contributed by atoms with van der Waals surface area (Å²) in [7, 11) is 1.46. The molecule has 3 aromatic rings. The van der Waals surface area contributed by atoms with Crippen molar-refractivity contribution in [2.24, 2.45) is 11.8 Å². The summed E-state index contributed by atoms with van der Waals surface area (Å²) in [6.45, 7) is 2.76. The van der Waals surface area contributed by atoms with Gasteiger partial charge in [0.05, 0.1) is 7.11 Å². The smallest absolute Gasteiger partial charge is 0.342 e. The highest BCUT2D eigenvalue weighted by atomic mass is 19.1. The Kier molecular flexibility index (Phi) is 10.9. The summed E-state index contributed by atoms with van der Waals surface area (Å²) in [5.74, 6) is -4.29. The van der Waals surface area contributed by atoms with Crippen LogP contribution in [-0.2, 0) is 42.1 Å². The van der Waals surface area contributed by atoms with Crippen molar-refractivity contribution in [3.63, 3.8) is 0 Å². The number of ether oxygens (including phenoxy) is 1. The van der Waals surface area contributed by atoms with Gasteiger partial charge in [-0.15, -0.1) is 0 Å². The summed E-state index contributed by atoms with van der Waals surface area (Å²) in [5.41, 5.74) is -1.43. The number of carbonyl (C=O) groups is 2. The first kappa shape index (κ1) is 34.4. The third kappa shape index (κ3) is 8.33. The average Bonchev–Trinajstić information content (AvgIpc) is 3.77. The number of hydrogen-bond donors (Lipinski definition) is 4. The maximum atomic E-state index is 15.9. The molecule has 4 unspecified atom stereocenters. The molecule has 3 aromatic carbocycles. The van der Waals surface area contributed by atoms with Gasteiger partial charge in [-0.05, 0) is 65.9 Å². The van der Waals surface area contributed by atoms with Crippen LogP contribution in [0.5, 0.6) is 5.75 Å². The van der Waals surface area contributed by atoms with Crippen LogP contribution in [0.25, 0.3) is 0 Å². The molecular formula is C36H42F3N3O5. The van der Waals surface area contributed by atoms with Gasteiger partial charge in [-0.25, -0.2) is 22.8 Å². The van der Waals surface area contributed by atoms with E-state index in [9.17, 15) is 24.2 Å². The Morgan fingerprint density at radius 3 is 1.66 bits per heavy atom. The van der Waals surface area contributed by atoms with Crippen molar-refractivity contribution < 1.29 is 37.7 Å². The fourth-order valence-electron chi connectivity index (χ4n) is 6.92. The van der Waals surface area contributed by atoms with E-state index in [0.717, 1.165) is 11.1 Å². The van der Waals surface area contributed by atoms with Crippen LogP contribution in [-0.4, -0.2) is 71.7 Å².